The van der Waals surface area contributed by atoms with Crippen molar-refractivity contribution in [2.24, 2.45) is 0 Å². The predicted octanol–water partition coefficient (Wildman–Crippen LogP) is 3.42. The molecule has 0 saturated carbocycles. The van der Waals surface area contributed by atoms with Crippen molar-refractivity contribution in [3.05, 3.63) is 59.7 Å². The molecule has 1 heterocycles. The summed E-state index contributed by atoms with van der Waals surface area (Å²) < 4.78 is 4.64. The van der Waals surface area contributed by atoms with Gasteiger partial charge in [0.25, 0.3) is 11.1 Å². The topological polar surface area (TPSA) is 75.7 Å². The summed E-state index contributed by atoms with van der Waals surface area (Å²) in [5.74, 6) is -0.753. The molecular formula is C18H16N2O4S. The second-order valence-corrected chi connectivity index (χ2v) is 6.55. The van der Waals surface area contributed by atoms with Crippen LogP contribution in [0.3, 0.4) is 0 Å². The van der Waals surface area contributed by atoms with Gasteiger partial charge < -0.3 is 10.1 Å². The largest absolute Gasteiger partial charge is 0.465 e. The summed E-state index contributed by atoms with van der Waals surface area (Å²) in [6.07, 6.45) is 0. The van der Waals surface area contributed by atoms with Gasteiger partial charge in [0.2, 0.25) is 0 Å². The number of esters is 1. The van der Waals surface area contributed by atoms with Crippen LogP contribution in [0, 0.1) is 6.92 Å². The fourth-order valence-electron chi connectivity index (χ4n) is 2.47. The van der Waals surface area contributed by atoms with Crippen molar-refractivity contribution in [3.8, 4) is 0 Å². The SMILES string of the molecule is COC(=O)c1ccc(N[C@H]2SC(=O)N(c3cccc(C)c3)C2=O)cc1. The zero-order chi connectivity index (χ0) is 18.0. The van der Waals surface area contributed by atoms with Crippen molar-refractivity contribution in [2.75, 3.05) is 17.3 Å². The third-order valence-electron chi connectivity index (χ3n) is 3.71. The first kappa shape index (κ1) is 17.0. The molecule has 7 heteroatoms. The number of carbonyl (C=O) groups excluding carboxylic acids is 3. The van der Waals surface area contributed by atoms with Crippen LogP contribution in [0.15, 0.2) is 48.5 Å². The van der Waals surface area contributed by atoms with Crippen LogP contribution >= 0.6 is 11.8 Å². The van der Waals surface area contributed by atoms with E-state index in [1.165, 1.54) is 12.0 Å². The minimum absolute atomic E-state index is 0.320. The van der Waals surface area contributed by atoms with Crippen molar-refractivity contribution >= 4 is 40.3 Å². The number of nitrogens with one attached hydrogen (secondary N) is 1. The van der Waals surface area contributed by atoms with Gasteiger partial charge in [0.1, 0.15) is 0 Å². The molecule has 0 aromatic heterocycles. The highest BCUT2D eigenvalue weighted by Gasteiger charge is 2.40. The van der Waals surface area contributed by atoms with E-state index in [0.29, 0.717) is 16.9 Å². The van der Waals surface area contributed by atoms with Gasteiger partial charge in [-0.1, -0.05) is 12.1 Å². The number of benzene rings is 2. The molecular weight excluding hydrogens is 340 g/mol. The van der Waals surface area contributed by atoms with Gasteiger partial charge in [-0.15, -0.1) is 0 Å². The second kappa shape index (κ2) is 6.98. The van der Waals surface area contributed by atoms with E-state index in [9.17, 15) is 14.4 Å². The molecule has 1 atom stereocenters. The monoisotopic (exact) mass is 356 g/mol. The Hall–Kier alpha value is -2.80. The smallest absolute Gasteiger partial charge is 0.337 e. The van der Waals surface area contributed by atoms with Crippen molar-refractivity contribution < 1.29 is 19.1 Å². The first-order chi connectivity index (χ1) is 12.0. The van der Waals surface area contributed by atoms with Gasteiger partial charge in [0.15, 0.2) is 5.37 Å². The van der Waals surface area contributed by atoms with Crippen molar-refractivity contribution in [2.45, 2.75) is 12.3 Å². The standard InChI is InChI=1S/C18H16N2O4S/c1-11-4-3-5-14(10-11)20-16(21)15(25-18(20)23)19-13-8-6-12(7-9-13)17(22)24-2/h3-10,15,19H,1-2H3/t15-/m0/s1. The molecule has 1 aliphatic rings. The summed E-state index contributed by atoms with van der Waals surface area (Å²) in [6.45, 7) is 1.90. The molecule has 2 aromatic rings. The molecule has 3 rings (SSSR count). The van der Waals surface area contributed by atoms with E-state index in [1.54, 1.807) is 36.4 Å². The number of imide groups is 1. The van der Waals surface area contributed by atoms with Crippen molar-refractivity contribution in [1.29, 1.82) is 0 Å². The molecule has 0 spiro atoms. The predicted molar refractivity (Wildman–Crippen MR) is 96.8 cm³/mol. The third-order valence-corrected chi connectivity index (χ3v) is 4.65. The van der Waals surface area contributed by atoms with E-state index in [0.717, 1.165) is 17.3 Å². The number of rotatable bonds is 4. The van der Waals surface area contributed by atoms with E-state index in [-0.39, 0.29) is 11.1 Å². The molecule has 1 saturated heterocycles. The van der Waals surface area contributed by atoms with Gasteiger partial charge in [-0.05, 0) is 60.6 Å². The summed E-state index contributed by atoms with van der Waals surface area (Å²) in [5.41, 5.74) is 2.58. The number of ether oxygens (including phenoxy) is 1. The maximum absolute atomic E-state index is 12.6. The lowest BCUT2D eigenvalue weighted by molar-refractivity contribution is -0.116. The maximum atomic E-state index is 12.6. The molecule has 1 N–H and O–H groups in total. The first-order valence-electron chi connectivity index (χ1n) is 7.56. The number of hydrogen-bond donors (Lipinski definition) is 1. The van der Waals surface area contributed by atoms with E-state index in [1.807, 2.05) is 19.1 Å². The second-order valence-electron chi connectivity index (χ2n) is 5.49. The quantitative estimate of drug-likeness (QED) is 0.846. The lowest BCUT2D eigenvalue weighted by atomic mass is 10.2. The van der Waals surface area contributed by atoms with Gasteiger partial charge in [0, 0.05) is 5.69 Å². The summed E-state index contributed by atoms with van der Waals surface area (Å²) in [5, 5.41) is 1.99. The summed E-state index contributed by atoms with van der Waals surface area (Å²) in [7, 11) is 1.31. The average Bonchev–Trinajstić information content (AvgIpc) is 2.88. The van der Waals surface area contributed by atoms with Crippen molar-refractivity contribution in [1.82, 2.24) is 0 Å². The van der Waals surface area contributed by atoms with Crippen LogP contribution in [0.4, 0.5) is 16.2 Å². The van der Waals surface area contributed by atoms with Crippen LogP contribution in [0.5, 0.6) is 0 Å². The van der Waals surface area contributed by atoms with Gasteiger partial charge in [-0.3, -0.25) is 9.59 Å². The highest BCUT2D eigenvalue weighted by molar-refractivity contribution is 8.16. The summed E-state index contributed by atoms with van der Waals surface area (Å²) >= 11 is 0.927. The number of methoxy groups -OCH3 is 1. The molecule has 0 unspecified atom stereocenters. The van der Waals surface area contributed by atoms with Gasteiger partial charge >= 0.3 is 5.97 Å². The Bertz CT molecular complexity index is 835. The summed E-state index contributed by atoms with van der Waals surface area (Å²) in [4.78, 5) is 37.5. The molecule has 128 valence electrons. The number of thioether (sulfide) groups is 1. The van der Waals surface area contributed by atoms with Crippen LogP contribution in [-0.2, 0) is 9.53 Å². The molecule has 25 heavy (non-hydrogen) atoms. The van der Waals surface area contributed by atoms with Crippen LogP contribution in [-0.4, -0.2) is 29.6 Å². The Morgan fingerprint density at radius 1 is 1.16 bits per heavy atom. The molecule has 1 aliphatic heterocycles. The van der Waals surface area contributed by atoms with Crippen LogP contribution in [0.25, 0.3) is 0 Å². The number of nitrogens with zero attached hydrogens (tertiary/aromatic N) is 1. The lowest BCUT2D eigenvalue weighted by Crippen LogP contribution is -2.34. The molecule has 0 bridgehead atoms. The van der Waals surface area contributed by atoms with E-state index >= 15 is 0 Å². The number of hydrogen-bond acceptors (Lipinski definition) is 6. The number of aryl methyl sites for hydroxylation is 1. The molecule has 0 radical (unpaired) electrons. The van der Waals surface area contributed by atoms with E-state index in [2.05, 4.69) is 10.1 Å². The molecule has 1 fully saturated rings. The Balaban J connectivity index is 1.75. The lowest BCUT2D eigenvalue weighted by Gasteiger charge is -2.15. The number of carbonyl (C=O) groups is 3. The normalized spacial score (nSPS) is 16.9. The zero-order valence-corrected chi connectivity index (χ0v) is 14.5. The minimum Gasteiger partial charge on any atom is -0.465 e. The summed E-state index contributed by atoms with van der Waals surface area (Å²) in [6, 6.07) is 13.8. The maximum Gasteiger partial charge on any atom is 0.337 e. The van der Waals surface area contributed by atoms with Gasteiger partial charge in [0.05, 0.1) is 18.4 Å². The Labute approximate surface area is 149 Å². The Morgan fingerprint density at radius 2 is 1.88 bits per heavy atom. The van der Waals surface area contributed by atoms with E-state index < -0.39 is 11.3 Å². The van der Waals surface area contributed by atoms with Gasteiger partial charge in [-0.2, -0.15) is 0 Å². The third kappa shape index (κ3) is 3.51. The number of anilines is 2. The molecule has 6 nitrogen and oxygen atoms in total. The highest BCUT2D eigenvalue weighted by atomic mass is 32.2. The molecule has 2 aromatic carbocycles. The number of amides is 2. The Kier molecular flexibility index (Phi) is 4.76. The molecule has 2 amide bonds. The Morgan fingerprint density at radius 3 is 2.52 bits per heavy atom. The van der Waals surface area contributed by atoms with Crippen LogP contribution in [0.1, 0.15) is 15.9 Å². The highest BCUT2D eigenvalue weighted by Crippen LogP contribution is 2.32. The van der Waals surface area contributed by atoms with Gasteiger partial charge in [-0.25, -0.2) is 9.69 Å². The first-order valence-corrected chi connectivity index (χ1v) is 8.44. The van der Waals surface area contributed by atoms with Crippen LogP contribution in [0.2, 0.25) is 0 Å². The fraction of sp³-hybridized carbons (Fsp3) is 0.167. The fourth-order valence-corrected chi connectivity index (χ4v) is 3.38. The van der Waals surface area contributed by atoms with E-state index in [4.69, 9.17) is 0 Å². The minimum atomic E-state index is -0.711. The van der Waals surface area contributed by atoms with Crippen molar-refractivity contribution in [3.63, 3.8) is 0 Å². The average molecular weight is 356 g/mol. The van der Waals surface area contributed by atoms with Crippen LogP contribution < -0.4 is 10.2 Å². The molecule has 0 aliphatic carbocycles. The zero-order valence-electron chi connectivity index (χ0n) is 13.7.